The highest BCUT2D eigenvalue weighted by Gasteiger charge is 2.25. The van der Waals surface area contributed by atoms with Crippen LogP contribution in [0.4, 0.5) is 0 Å². The van der Waals surface area contributed by atoms with Gasteiger partial charge in [0.05, 0.1) is 0 Å². The van der Waals surface area contributed by atoms with Crippen LogP contribution in [-0.2, 0) is 12.8 Å². The summed E-state index contributed by atoms with van der Waals surface area (Å²) in [6.07, 6.45) is 6.84. The summed E-state index contributed by atoms with van der Waals surface area (Å²) in [4.78, 5) is 12.2. The number of Topliss-reactive ketones (excluding diaryl/α,β-unsaturated/α-hetero) is 1. The van der Waals surface area contributed by atoms with Crippen molar-refractivity contribution in [3.63, 3.8) is 0 Å². The Hall–Kier alpha value is -1.37. The van der Waals surface area contributed by atoms with Crippen molar-refractivity contribution in [1.82, 2.24) is 0 Å². The number of carbonyl (C=O) groups is 1. The molecule has 0 saturated carbocycles. The molecule has 1 aromatic rings. The third-order valence-electron chi connectivity index (χ3n) is 3.52. The van der Waals surface area contributed by atoms with Crippen LogP contribution in [-0.4, -0.2) is 5.78 Å². The van der Waals surface area contributed by atoms with Crippen molar-refractivity contribution in [3.8, 4) is 0 Å². The quantitative estimate of drug-likeness (QED) is 0.746. The molecule has 90 valence electrons. The van der Waals surface area contributed by atoms with Gasteiger partial charge in [-0.15, -0.1) is 0 Å². The maximum Gasteiger partial charge on any atom is 0.164 e. The Balaban J connectivity index is 2.63. The van der Waals surface area contributed by atoms with Crippen LogP contribution in [0, 0.1) is 5.92 Å². The summed E-state index contributed by atoms with van der Waals surface area (Å²) in [5.74, 6) is 0.808. The first kappa shape index (κ1) is 12.1. The molecule has 1 nitrogen and oxygen atoms in total. The number of benzene rings is 1. The Kier molecular flexibility index (Phi) is 3.46. The van der Waals surface area contributed by atoms with Gasteiger partial charge in [-0.05, 0) is 42.4 Å². The Morgan fingerprint density at radius 3 is 2.76 bits per heavy atom. The van der Waals surface area contributed by atoms with Gasteiger partial charge in [0.1, 0.15) is 0 Å². The monoisotopic (exact) mass is 228 g/mol. The van der Waals surface area contributed by atoms with Crippen LogP contribution in [0.1, 0.15) is 54.2 Å². The smallest absolute Gasteiger partial charge is 0.164 e. The molecule has 0 heterocycles. The third kappa shape index (κ3) is 2.19. The topological polar surface area (TPSA) is 17.1 Å². The van der Waals surface area contributed by atoms with Crippen molar-refractivity contribution < 1.29 is 4.79 Å². The van der Waals surface area contributed by atoms with Gasteiger partial charge in [-0.1, -0.05) is 38.1 Å². The molecule has 1 atom stereocenters. The minimum atomic E-state index is 0.321. The minimum absolute atomic E-state index is 0.321. The van der Waals surface area contributed by atoms with Crippen molar-refractivity contribution in [2.45, 2.75) is 40.0 Å². The van der Waals surface area contributed by atoms with Crippen molar-refractivity contribution in [3.05, 3.63) is 40.5 Å². The van der Waals surface area contributed by atoms with E-state index in [0.29, 0.717) is 18.1 Å². The molecule has 0 saturated heterocycles. The molecule has 0 radical (unpaired) electrons. The van der Waals surface area contributed by atoms with Gasteiger partial charge in [-0.3, -0.25) is 4.79 Å². The third-order valence-corrected chi connectivity index (χ3v) is 3.52. The van der Waals surface area contributed by atoms with E-state index >= 15 is 0 Å². The second-order valence-electron chi connectivity index (χ2n) is 4.96. The van der Waals surface area contributed by atoms with Gasteiger partial charge < -0.3 is 0 Å². The summed E-state index contributed by atoms with van der Waals surface area (Å²) in [7, 11) is 0. The van der Waals surface area contributed by atoms with E-state index in [9.17, 15) is 4.79 Å². The van der Waals surface area contributed by atoms with Crippen LogP contribution >= 0.6 is 0 Å². The van der Waals surface area contributed by atoms with Crippen LogP contribution < -0.4 is 0 Å². The van der Waals surface area contributed by atoms with E-state index in [-0.39, 0.29) is 0 Å². The van der Waals surface area contributed by atoms with Gasteiger partial charge >= 0.3 is 0 Å². The first-order valence-corrected chi connectivity index (χ1v) is 6.48. The molecule has 2 rings (SSSR count). The molecule has 0 amide bonds. The lowest BCUT2D eigenvalue weighted by Crippen LogP contribution is -2.19. The normalized spacial score (nSPS) is 19.7. The van der Waals surface area contributed by atoms with E-state index in [2.05, 4.69) is 32.1 Å². The van der Waals surface area contributed by atoms with Crippen molar-refractivity contribution >= 4 is 11.9 Å². The molecular formula is C16H20O. The second kappa shape index (κ2) is 4.87. The van der Waals surface area contributed by atoms with Crippen LogP contribution in [0.25, 0.3) is 6.08 Å². The summed E-state index contributed by atoms with van der Waals surface area (Å²) in [5.41, 5.74) is 4.66. The lowest BCUT2D eigenvalue weighted by Gasteiger charge is -2.23. The van der Waals surface area contributed by atoms with Gasteiger partial charge in [0.15, 0.2) is 5.78 Å². The van der Waals surface area contributed by atoms with Gasteiger partial charge in [-0.25, -0.2) is 0 Å². The first-order chi connectivity index (χ1) is 8.17. The fourth-order valence-electron chi connectivity index (χ4n) is 2.74. The van der Waals surface area contributed by atoms with Crippen molar-refractivity contribution in [2.24, 2.45) is 5.92 Å². The number of carbonyl (C=O) groups excluding carboxylic acids is 1. The molecule has 0 spiro atoms. The molecule has 1 unspecified atom stereocenters. The van der Waals surface area contributed by atoms with E-state index in [1.807, 2.05) is 13.0 Å². The maximum absolute atomic E-state index is 12.2. The molecular weight excluding hydrogens is 208 g/mol. The van der Waals surface area contributed by atoms with Gasteiger partial charge in [0, 0.05) is 12.0 Å². The number of ketones is 1. The van der Waals surface area contributed by atoms with Crippen LogP contribution in [0.3, 0.4) is 0 Å². The van der Waals surface area contributed by atoms with Gasteiger partial charge in [-0.2, -0.15) is 0 Å². The average Bonchev–Trinajstić information content (AvgIpc) is 2.29. The number of allylic oxidation sites excluding steroid dienone is 1. The summed E-state index contributed by atoms with van der Waals surface area (Å²) in [6.45, 7) is 6.31. The van der Waals surface area contributed by atoms with Crippen LogP contribution in [0.2, 0.25) is 0 Å². The van der Waals surface area contributed by atoms with Crippen LogP contribution in [0.15, 0.2) is 18.2 Å². The maximum atomic E-state index is 12.2. The molecule has 1 heteroatoms. The molecule has 1 aliphatic carbocycles. The molecule has 17 heavy (non-hydrogen) atoms. The number of hydrogen-bond donors (Lipinski definition) is 0. The average molecular weight is 228 g/mol. The van der Waals surface area contributed by atoms with Crippen molar-refractivity contribution in [2.75, 3.05) is 0 Å². The zero-order chi connectivity index (χ0) is 12.4. The predicted molar refractivity (Wildman–Crippen MR) is 72.3 cm³/mol. The zero-order valence-corrected chi connectivity index (χ0v) is 10.9. The highest BCUT2D eigenvalue weighted by molar-refractivity contribution is 6.02. The molecule has 0 fully saturated rings. The highest BCUT2D eigenvalue weighted by Crippen LogP contribution is 2.30. The van der Waals surface area contributed by atoms with E-state index in [0.717, 1.165) is 24.0 Å². The number of hydrogen-bond acceptors (Lipinski definition) is 1. The molecule has 0 N–H and O–H groups in total. The Labute approximate surface area is 104 Å². The van der Waals surface area contributed by atoms with Crippen LogP contribution in [0.5, 0.6) is 0 Å². The Morgan fingerprint density at radius 1 is 1.35 bits per heavy atom. The first-order valence-electron chi connectivity index (χ1n) is 6.48. The van der Waals surface area contributed by atoms with E-state index in [1.165, 1.54) is 11.1 Å². The van der Waals surface area contributed by atoms with Gasteiger partial charge in [0.25, 0.3) is 0 Å². The fourth-order valence-corrected chi connectivity index (χ4v) is 2.74. The summed E-state index contributed by atoms with van der Waals surface area (Å²) >= 11 is 0. The predicted octanol–water partition coefficient (Wildman–Crippen LogP) is 4.05. The highest BCUT2D eigenvalue weighted by atomic mass is 16.1. The van der Waals surface area contributed by atoms with E-state index in [1.54, 1.807) is 0 Å². The SMILES string of the molecule is C/C=C\c1c(CC)ccc2c1C(=O)CC(C)C2. The lowest BCUT2D eigenvalue weighted by molar-refractivity contribution is 0.0953. The number of fused-ring (bicyclic) bond motifs is 1. The summed E-state index contributed by atoms with van der Waals surface area (Å²) in [5, 5.41) is 0. The standard InChI is InChI=1S/C16H20O/c1-4-6-14-12(5-2)7-8-13-9-11(3)10-15(17)16(13)14/h4,6-8,11H,5,9-10H2,1-3H3/b6-4-. The Bertz CT molecular complexity index is 469. The van der Waals surface area contributed by atoms with E-state index < -0.39 is 0 Å². The largest absolute Gasteiger partial charge is 0.294 e. The zero-order valence-electron chi connectivity index (χ0n) is 10.9. The Morgan fingerprint density at radius 2 is 2.12 bits per heavy atom. The summed E-state index contributed by atoms with van der Waals surface area (Å²) in [6, 6.07) is 4.33. The number of rotatable bonds is 2. The molecule has 0 bridgehead atoms. The van der Waals surface area contributed by atoms with Crippen molar-refractivity contribution in [1.29, 1.82) is 0 Å². The lowest BCUT2D eigenvalue weighted by atomic mass is 9.80. The number of aryl methyl sites for hydroxylation is 1. The fraction of sp³-hybridized carbons (Fsp3) is 0.438. The van der Waals surface area contributed by atoms with E-state index in [4.69, 9.17) is 0 Å². The molecule has 1 aromatic carbocycles. The molecule has 0 aliphatic heterocycles. The second-order valence-corrected chi connectivity index (χ2v) is 4.96. The molecule has 1 aliphatic rings. The minimum Gasteiger partial charge on any atom is -0.294 e. The van der Waals surface area contributed by atoms with Gasteiger partial charge in [0.2, 0.25) is 0 Å². The molecule has 0 aromatic heterocycles. The summed E-state index contributed by atoms with van der Waals surface area (Å²) < 4.78 is 0.